The molecule has 3 rings (SSSR count). The van der Waals surface area contributed by atoms with E-state index in [1.54, 1.807) is 11.8 Å². The fourth-order valence-corrected chi connectivity index (χ4v) is 3.94. The second kappa shape index (κ2) is 7.33. The lowest BCUT2D eigenvalue weighted by atomic mass is 9.93. The minimum Gasteiger partial charge on any atom is -0.416 e. The predicted octanol–water partition coefficient (Wildman–Crippen LogP) is 1.47. The first-order chi connectivity index (χ1) is 11.1. The van der Waals surface area contributed by atoms with Gasteiger partial charge in [-0.2, -0.15) is 0 Å². The Bertz CT molecular complexity index is 571. The third-order valence-electron chi connectivity index (χ3n) is 4.45. The lowest BCUT2D eigenvalue weighted by Gasteiger charge is -2.40. The minimum atomic E-state index is -0.0532. The number of carbonyl (C=O) groups excluding carboxylic acids is 2. The molecule has 23 heavy (non-hydrogen) atoms. The number of nitrogens with zero attached hydrogens (tertiary/aromatic N) is 4. The normalized spacial score (nSPS) is 20.1. The van der Waals surface area contributed by atoms with Crippen LogP contribution in [0.1, 0.15) is 38.0 Å². The predicted molar refractivity (Wildman–Crippen MR) is 84.9 cm³/mol. The summed E-state index contributed by atoms with van der Waals surface area (Å²) in [6.07, 6.45) is 5.89. The van der Waals surface area contributed by atoms with Gasteiger partial charge in [-0.25, -0.2) is 0 Å². The Morgan fingerprint density at radius 1 is 1.26 bits per heavy atom. The summed E-state index contributed by atoms with van der Waals surface area (Å²) in [6, 6.07) is 0.379. The van der Waals surface area contributed by atoms with Crippen molar-refractivity contribution >= 4 is 23.6 Å². The van der Waals surface area contributed by atoms with E-state index in [0.29, 0.717) is 30.2 Å². The Kier molecular flexibility index (Phi) is 5.20. The first kappa shape index (κ1) is 16.3. The lowest BCUT2D eigenvalue weighted by Crippen LogP contribution is -2.56. The molecule has 7 nitrogen and oxygen atoms in total. The van der Waals surface area contributed by atoms with Crippen LogP contribution in [0.4, 0.5) is 0 Å². The first-order valence-corrected chi connectivity index (χ1v) is 9.12. The molecule has 0 atom stereocenters. The highest BCUT2D eigenvalue weighted by Crippen LogP contribution is 2.24. The van der Waals surface area contributed by atoms with Gasteiger partial charge in [0.25, 0.3) is 5.22 Å². The first-order valence-electron chi connectivity index (χ1n) is 8.13. The molecule has 0 aromatic carbocycles. The number of rotatable bonds is 4. The standard InChI is InChI=1S/C15H22N4O3S/c1-11-16-17-15(22-11)23-10-14(21)18-7-8-19(13(20)9-18)12-5-3-2-4-6-12/h12H,2-10H2,1H3. The van der Waals surface area contributed by atoms with Gasteiger partial charge in [-0.1, -0.05) is 31.0 Å². The molecular weight excluding hydrogens is 316 g/mol. The second-order valence-electron chi connectivity index (χ2n) is 6.07. The zero-order valence-corrected chi connectivity index (χ0v) is 14.2. The fourth-order valence-electron chi connectivity index (χ4n) is 3.23. The van der Waals surface area contributed by atoms with Crippen LogP contribution in [0, 0.1) is 6.92 Å². The minimum absolute atomic E-state index is 0.0532. The van der Waals surface area contributed by atoms with Gasteiger partial charge in [-0.05, 0) is 12.8 Å². The van der Waals surface area contributed by atoms with Gasteiger partial charge in [-0.3, -0.25) is 9.59 Å². The average Bonchev–Trinajstić information content (AvgIpc) is 2.99. The molecule has 1 saturated carbocycles. The van der Waals surface area contributed by atoms with Crippen LogP contribution in [0.3, 0.4) is 0 Å². The van der Waals surface area contributed by atoms with Crippen molar-refractivity contribution in [1.29, 1.82) is 0 Å². The number of hydrogen-bond donors (Lipinski definition) is 0. The second-order valence-corrected chi connectivity index (χ2v) is 7.00. The SMILES string of the molecule is Cc1nnc(SCC(=O)N2CCN(C3CCCCC3)C(=O)C2)o1. The highest BCUT2D eigenvalue weighted by Gasteiger charge is 2.32. The Morgan fingerprint density at radius 2 is 2.04 bits per heavy atom. The van der Waals surface area contributed by atoms with Gasteiger partial charge in [0.2, 0.25) is 17.7 Å². The smallest absolute Gasteiger partial charge is 0.277 e. The van der Waals surface area contributed by atoms with Crippen molar-refractivity contribution in [3.8, 4) is 0 Å². The summed E-state index contributed by atoms with van der Waals surface area (Å²) in [5, 5.41) is 7.97. The monoisotopic (exact) mass is 338 g/mol. The van der Waals surface area contributed by atoms with E-state index in [2.05, 4.69) is 10.2 Å². The molecule has 0 unspecified atom stereocenters. The lowest BCUT2D eigenvalue weighted by molar-refractivity contribution is -0.146. The fraction of sp³-hybridized carbons (Fsp3) is 0.733. The van der Waals surface area contributed by atoms with E-state index in [1.807, 2.05) is 4.90 Å². The molecule has 8 heteroatoms. The van der Waals surface area contributed by atoms with Crippen molar-refractivity contribution in [2.24, 2.45) is 0 Å². The van der Waals surface area contributed by atoms with E-state index < -0.39 is 0 Å². The highest BCUT2D eigenvalue weighted by atomic mass is 32.2. The van der Waals surface area contributed by atoms with Crippen molar-refractivity contribution in [1.82, 2.24) is 20.0 Å². The number of piperazine rings is 1. The molecule has 1 aliphatic carbocycles. The van der Waals surface area contributed by atoms with Crippen molar-refractivity contribution in [2.45, 2.75) is 50.3 Å². The van der Waals surface area contributed by atoms with Crippen LogP contribution in [0.2, 0.25) is 0 Å². The van der Waals surface area contributed by atoms with E-state index in [0.717, 1.165) is 12.8 Å². The molecule has 1 aromatic rings. The van der Waals surface area contributed by atoms with E-state index in [1.165, 1.54) is 31.0 Å². The Hall–Kier alpha value is -1.57. The van der Waals surface area contributed by atoms with E-state index in [9.17, 15) is 9.59 Å². The van der Waals surface area contributed by atoms with Gasteiger partial charge in [0.05, 0.1) is 12.3 Å². The van der Waals surface area contributed by atoms with Crippen LogP contribution in [-0.4, -0.2) is 63.2 Å². The zero-order chi connectivity index (χ0) is 16.2. The number of carbonyl (C=O) groups is 2. The third kappa shape index (κ3) is 4.04. The average molecular weight is 338 g/mol. The molecule has 126 valence electrons. The number of hydrogen-bond acceptors (Lipinski definition) is 6. The topological polar surface area (TPSA) is 79.5 Å². The third-order valence-corrected chi connectivity index (χ3v) is 5.26. The van der Waals surface area contributed by atoms with Crippen molar-refractivity contribution in [3.63, 3.8) is 0 Å². The molecule has 2 amide bonds. The molecule has 0 bridgehead atoms. The van der Waals surface area contributed by atoms with Crippen LogP contribution in [0.25, 0.3) is 0 Å². The summed E-state index contributed by atoms with van der Waals surface area (Å²) in [5.41, 5.74) is 0. The largest absolute Gasteiger partial charge is 0.416 e. The Morgan fingerprint density at radius 3 is 2.70 bits per heavy atom. The van der Waals surface area contributed by atoms with Crippen LogP contribution < -0.4 is 0 Å². The number of thioether (sulfide) groups is 1. The molecule has 0 radical (unpaired) electrons. The van der Waals surface area contributed by atoms with Crippen molar-refractivity contribution in [3.05, 3.63) is 5.89 Å². The number of aromatic nitrogens is 2. The quantitative estimate of drug-likeness (QED) is 0.774. The summed E-state index contributed by atoms with van der Waals surface area (Å²) >= 11 is 1.22. The number of aryl methyl sites for hydroxylation is 1. The molecule has 2 heterocycles. The summed E-state index contributed by atoms with van der Waals surface area (Å²) in [7, 11) is 0. The van der Waals surface area contributed by atoms with Gasteiger partial charge < -0.3 is 14.2 Å². The van der Waals surface area contributed by atoms with Crippen LogP contribution in [0.5, 0.6) is 0 Å². The summed E-state index contributed by atoms with van der Waals surface area (Å²) in [6.45, 7) is 3.17. The molecule has 1 aliphatic heterocycles. The molecular formula is C15H22N4O3S. The maximum Gasteiger partial charge on any atom is 0.277 e. The molecule has 0 spiro atoms. The molecule has 2 fully saturated rings. The maximum absolute atomic E-state index is 12.4. The number of amides is 2. The highest BCUT2D eigenvalue weighted by molar-refractivity contribution is 7.99. The van der Waals surface area contributed by atoms with Crippen LogP contribution in [-0.2, 0) is 9.59 Å². The Labute approximate surface area is 139 Å². The summed E-state index contributed by atoms with van der Waals surface area (Å²) in [5.74, 6) is 0.729. The van der Waals surface area contributed by atoms with E-state index >= 15 is 0 Å². The molecule has 0 N–H and O–H groups in total. The van der Waals surface area contributed by atoms with Gasteiger partial charge in [0.1, 0.15) is 0 Å². The van der Waals surface area contributed by atoms with Gasteiger partial charge in [-0.15, -0.1) is 10.2 Å². The molecule has 1 saturated heterocycles. The van der Waals surface area contributed by atoms with Gasteiger partial charge in [0, 0.05) is 26.1 Å². The molecule has 1 aromatic heterocycles. The van der Waals surface area contributed by atoms with E-state index in [-0.39, 0.29) is 24.1 Å². The van der Waals surface area contributed by atoms with Gasteiger partial charge >= 0.3 is 0 Å². The van der Waals surface area contributed by atoms with Crippen LogP contribution >= 0.6 is 11.8 Å². The van der Waals surface area contributed by atoms with E-state index in [4.69, 9.17) is 4.42 Å². The summed E-state index contributed by atoms with van der Waals surface area (Å²) in [4.78, 5) is 28.2. The molecule has 2 aliphatic rings. The summed E-state index contributed by atoms with van der Waals surface area (Å²) < 4.78 is 5.23. The van der Waals surface area contributed by atoms with Crippen LogP contribution in [0.15, 0.2) is 9.64 Å². The van der Waals surface area contributed by atoms with Crippen molar-refractivity contribution < 1.29 is 14.0 Å². The maximum atomic E-state index is 12.4. The van der Waals surface area contributed by atoms with Crippen molar-refractivity contribution in [2.75, 3.05) is 25.4 Å². The zero-order valence-electron chi connectivity index (χ0n) is 13.4. The van der Waals surface area contributed by atoms with Gasteiger partial charge in [0.15, 0.2) is 0 Å². The Balaban J connectivity index is 1.48.